The molecule has 3 nitrogen and oxygen atoms in total. The van der Waals surface area contributed by atoms with Gasteiger partial charge in [-0.25, -0.2) is 4.39 Å². The van der Waals surface area contributed by atoms with Crippen LogP contribution in [0.1, 0.15) is 17.5 Å². The van der Waals surface area contributed by atoms with E-state index >= 15 is 0 Å². The van der Waals surface area contributed by atoms with Crippen molar-refractivity contribution in [3.63, 3.8) is 0 Å². The van der Waals surface area contributed by atoms with Crippen molar-refractivity contribution in [3.05, 3.63) is 71.8 Å². The van der Waals surface area contributed by atoms with E-state index in [1.165, 1.54) is 0 Å². The number of aliphatic hydroxyl groups excluding tert-OH is 1. The van der Waals surface area contributed by atoms with Crippen molar-refractivity contribution in [2.24, 2.45) is 5.92 Å². The first-order valence-corrected chi connectivity index (χ1v) is 8.28. The fourth-order valence-electron chi connectivity index (χ4n) is 3.04. The Kier molecular flexibility index (Phi) is 5.61. The second kappa shape index (κ2) is 7.88. The Morgan fingerprint density at radius 3 is 2.00 bits per heavy atom. The molecule has 0 spiro atoms. The van der Waals surface area contributed by atoms with E-state index in [0.29, 0.717) is 13.2 Å². The first-order valence-electron chi connectivity index (χ1n) is 8.28. The predicted octanol–water partition coefficient (Wildman–Crippen LogP) is 3.51. The molecule has 1 aliphatic rings. The molecule has 0 aliphatic heterocycles. The number of halogens is 1. The maximum absolute atomic E-state index is 14.9. The molecule has 0 aromatic heterocycles. The molecule has 24 heavy (non-hydrogen) atoms. The molecule has 0 saturated heterocycles. The van der Waals surface area contributed by atoms with Gasteiger partial charge in [0.1, 0.15) is 5.67 Å². The average molecular weight is 330 g/mol. The van der Waals surface area contributed by atoms with Crippen LogP contribution in [-0.2, 0) is 22.7 Å². The third kappa shape index (κ3) is 4.20. The van der Waals surface area contributed by atoms with Crippen LogP contribution in [0.4, 0.5) is 4.39 Å². The Morgan fingerprint density at radius 2 is 1.46 bits per heavy atom. The molecule has 4 heteroatoms. The molecule has 3 rings (SSSR count). The second-order valence-electron chi connectivity index (χ2n) is 6.39. The number of aliphatic hydroxyl groups is 1. The summed E-state index contributed by atoms with van der Waals surface area (Å²) in [7, 11) is 0. The number of hydrogen-bond acceptors (Lipinski definition) is 3. The van der Waals surface area contributed by atoms with Crippen LogP contribution in [0.15, 0.2) is 60.7 Å². The van der Waals surface area contributed by atoms with Crippen LogP contribution in [-0.4, -0.2) is 30.1 Å². The van der Waals surface area contributed by atoms with Crippen LogP contribution in [0.3, 0.4) is 0 Å². The normalized spacial score (nSPS) is 26.1. The van der Waals surface area contributed by atoms with E-state index in [1.54, 1.807) is 0 Å². The summed E-state index contributed by atoms with van der Waals surface area (Å²) < 4.78 is 26.0. The van der Waals surface area contributed by atoms with Gasteiger partial charge in [0.2, 0.25) is 0 Å². The van der Waals surface area contributed by atoms with E-state index in [1.807, 2.05) is 60.7 Å². The maximum Gasteiger partial charge on any atom is 0.144 e. The lowest BCUT2D eigenvalue weighted by Crippen LogP contribution is -2.58. The van der Waals surface area contributed by atoms with Crippen molar-refractivity contribution in [1.82, 2.24) is 0 Å². The molecule has 0 bridgehead atoms. The van der Waals surface area contributed by atoms with Gasteiger partial charge in [-0.3, -0.25) is 0 Å². The van der Waals surface area contributed by atoms with Gasteiger partial charge in [-0.05, 0) is 11.1 Å². The molecule has 1 N–H and O–H groups in total. The van der Waals surface area contributed by atoms with E-state index in [2.05, 4.69) is 0 Å². The van der Waals surface area contributed by atoms with Gasteiger partial charge >= 0.3 is 0 Å². The summed E-state index contributed by atoms with van der Waals surface area (Å²) in [5.74, 6) is -0.531. The maximum atomic E-state index is 14.9. The highest BCUT2D eigenvalue weighted by molar-refractivity contribution is 5.14. The summed E-state index contributed by atoms with van der Waals surface area (Å²) >= 11 is 0. The highest BCUT2D eigenvalue weighted by Gasteiger charge is 2.54. The molecular weight excluding hydrogens is 307 g/mol. The van der Waals surface area contributed by atoms with Crippen molar-refractivity contribution in [1.29, 1.82) is 0 Å². The minimum absolute atomic E-state index is 0.0156. The monoisotopic (exact) mass is 330 g/mol. The van der Waals surface area contributed by atoms with Crippen molar-refractivity contribution in [2.75, 3.05) is 13.2 Å². The van der Waals surface area contributed by atoms with Gasteiger partial charge < -0.3 is 14.6 Å². The highest BCUT2D eigenvalue weighted by Crippen LogP contribution is 2.43. The number of rotatable bonds is 8. The van der Waals surface area contributed by atoms with Gasteiger partial charge in [-0.15, -0.1) is 0 Å². The largest absolute Gasteiger partial charge is 0.392 e. The van der Waals surface area contributed by atoms with Gasteiger partial charge in [0, 0.05) is 12.3 Å². The van der Waals surface area contributed by atoms with E-state index < -0.39 is 17.7 Å². The number of hydrogen-bond donors (Lipinski definition) is 1. The number of ether oxygens (including phenoxy) is 2. The van der Waals surface area contributed by atoms with E-state index in [-0.39, 0.29) is 19.6 Å². The lowest BCUT2D eigenvalue weighted by atomic mass is 9.69. The lowest BCUT2D eigenvalue weighted by Gasteiger charge is -2.46. The van der Waals surface area contributed by atoms with Gasteiger partial charge in [0.15, 0.2) is 0 Å². The Hall–Kier alpha value is -1.75. The van der Waals surface area contributed by atoms with E-state index in [9.17, 15) is 9.50 Å². The van der Waals surface area contributed by atoms with Crippen molar-refractivity contribution in [2.45, 2.75) is 31.4 Å². The van der Waals surface area contributed by atoms with Crippen LogP contribution in [0.5, 0.6) is 0 Å². The van der Waals surface area contributed by atoms with Crippen molar-refractivity contribution < 1.29 is 19.0 Å². The molecule has 1 aliphatic carbocycles. The minimum atomic E-state index is -1.51. The summed E-state index contributed by atoms with van der Waals surface area (Å²) in [5.41, 5.74) is 0.541. The SMILES string of the molecule is O[C@H]1C[C@](F)(COCc2ccccc2)[C@H]1COCc1ccccc1. The highest BCUT2D eigenvalue weighted by atomic mass is 19.1. The molecule has 2 aromatic rings. The average Bonchev–Trinajstić information content (AvgIpc) is 2.60. The lowest BCUT2D eigenvalue weighted by molar-refractivity contribution is -0.180. The Bertz CT molecular complexity index is 619. The van der Waals surface area contributed by atoms with Gasteiger partial charge in [0.25, 0.3) is 0 Å². The fourth-order valence-corrected chi connectivity index (χ4v) is 3.04. The fraction of sp³-hybridized carbons (Fsp3) is 0.400. The molecule has 0 heterocycles. The van der Waals surface area contributed by atoms with Crippen LogP contribution in [0.25, 0.3) is 0 Å². The smallest absolute Gasteiger partial charge is 0.144 e. The first kappa shape index (κ1) is 17.1. The van der Waals surface area contributed by atoms with Crippen LogP contribution in [0, 0.1) is 5.92 Å². The Balaban J connectivity index is 1.44. The minimum Gasteiger partial charge on any atom is -0.392 e. The summed E-state index contributed by atoms with van der Waals surface area (Å²) in [6.45, 7) is 0.977. The molecule has 3 atom stereocenters. The van der Waals surface area contributed by atoms with E-state index in [0.717, 1.165) is 11.1 Å². The molecule has 1 fully saturated rings. The zero-order chi connectivity index (χ0) is 16.8. The summed E-state index contributed by atoms with van der Waals surface area (Å²) in [6.07, 6.45) is -0.549. The van der Waals surface area contributed by atoms with Crippen molar-refractivity contribution >= 4 is 0 Å². The third-order valence-electron chi connectivity index (χ3n) is 4.54. The first-order chi connectivity index (χ1) is 11.7. The van der Waals surface area contributed by atoms with Gasteiger partial charge in [-0.2, -0.15) is 0 Å². The molecule has 0 unspecified atom stereocenters. The molecular formula is C20H23FO3. The van der Waals surface area contributed by atoms with Gasteiger partial charge in [0.05, 0.1) is 32.5 Å². The summed E-state index contributed by atoms with van der Waals surface area (Å²) in [5, 5.41) is 9.88. The van der Waals surface area contributed by atoms with Crippen LogP contribution in [0.2, 0.25) is 0 Å². The summed E-state index contributed by atoms with van der Waals surface area (Å²) in [4.78, 5) is 0. The van der Waals surface area contributed by atoms with Crippen LogP contribution >= 0.6 is 0 Å². The zero-order valence-electron chi connectivity index (χ0n) is 13.6. The van der Waals surface area contributed by atoms with Gasteiger partial charge in [-0.1, -0.05) is 60.7 Å². The Morgan fingerprint density at radius 1 is 0.917 bits per heavy atom. The molecule has 0 amide bonds. The molecule has 0 radical (unpaired) electrons. The molecule has 128 valence electrons. The Labute approximate surface area is 142 Å². The topological polar surface area (TPSA) is 38.7 Å². The van der Waals surface area contributed by atoms with Crippen LogP contribution < -0.4 is 0 Å². The molecule has 1 saturated carbocycles. The third-order valence-corrected chi connectivity index (χ3v) is 4.54. The quantitative estimate of drug-likeness (QED) is 0.805. The standard InChI is InChI=1S/C20H23FO3/c21-20(15-24-13-17-9-5-2-6-10-17)11-19(22)18(20)14-23-12-16-7-3-1-4-8-16/h1-10,18-19,22H,11-15H2/t18-,19-,20-/m0/s1. The number of alkyl halides is 1. The summed E-state index contributed by atoms with van der Waals surface area (Å²) in [6, 6.07) is 19.4. The molecule has 2 aromatic carbocycles. The predicted molar refractivity (Wildman–Crippen MR) is 90.1 cm³/mol. The zero-order valence-corrected chi connectivity index (χ0v) is 13.6. The van der Waals surface area contributed by atoms with Crippen molar-refractivity contribution in [3.8, 4) is 0 Å². The number of benzene rings is 2. The van der Waals surface area contributed by atoms with E-state index in [4.69, 9.17) is 9.47 Å². The second-order valence-corrected chi connectivity index (χ2v) is 6.39.